The molecule has 1 N–H and O–H groups in total. The molecule has 3 nitrogen and oxygen atoms in total. The maximum Gasteiger partial charge on any atom is 0.230 e. The van der Waals surface area contributed by atoms with E-state index >= 15 is 0 Å². The fourth-order valence-electron chi connectivity index (χ4n) is 3.13. The molecule has 0 heterocycles. The van der Waals surface area contributed by atoms with Crippen molar-refractivity contribution in [1.29, 1.82) is 0 Å². The summed E-state index contributed by atoms with van der Waals surface area (Å²) in [5.74, 6) is 0.577. The zero-order chi connectivity index (χ0) is 14.8. The number of benzene rings is 1. The topological polar surface area (TPSA) is 40.5 Å². The molecule has 0 saturated heterocycles. The Labute approximate surface area is 130 Å². The normalized spacial score (nSPS) is 25.6. The molecule has 2 atom stereocenters. The molecule has 2 aliphatic rings. The van der Waals surface area contributed by atoms with E-state index in [-0.39, 0.29) is 23.8 Å². The van der Waals surface area contributed by atoms with Crippen LogP contribution in [0.15, 0.2) is 24.3 Å². The zero-order valence-corrected chi connectivity index (χ0v) is 12.9. The third-order valence-electron chi connectivity index (χ3n) is 4.62. The van der Waals surface area contributed by atoms with Crippen molar-refractivity contribution in [2.45, 2.75) is 44.6 Å². The highest BCUT2D eigenvalue weighted by atomic mass is 35.5. The molecule has 0 aromatic heterocycles. The van der Waals surface area contributed by atoms with Gasteiger partial charge in [0.1, 0.15) is 0 Å². The second-order valence-electron chi connectivity index (χ2n) is 6.31. The van der Waals surface area contributed by atoms with Gasteiger partial charge < -0.3 is 10.0 Å². The summed E-state index contributed by atoms with van der Waals surface area (Å²) in [6.45, 7) is 0.623. The van der Waals surface area contributed by atoms with Crippen molar-refractivity contribution < 1.29 is 9.90 Å². The summed E-state index contributed by atoms with van der Waals surface area (Å²) in [6, 6.07) is 7.44. The zero-order valence-electron chi connectivity index (χ0n) is 12.2. The van der Waals surface area contributed by atoms with Crippen LogP contribution in [-0.2, 0) is 4.79 Å². The van der Waals surface area contributed by atoms with Crippen LogP contribution in [0.5, 0.6) is 0 Å². The predicted octanol–water partition coefficient (Wildman–Crippen LogP) is 3.63. The Balaban J connectivity index is 1.78. The second kappa shape index (κ2) is 6.37. The van der Waals surface area contributed by atoms with Crippen LogP contribution in [0.25, 0.3) is 0 Å². The Morgan fingerprint density at radius 2 is 1.81 bits per heavy atom. The fourth-order valence-corrected chi connectivity index (χ4v) is 3.26. The largest absolute Gasteiger partial charge is 0.393 e. The number of anilines is 1. The van der Waals surface area contributed by atoms with Crippen molar-refractivity contribution >= 4 is 23.2 Å². The van der Waals surface area contributed by atoms with E-state index in [1.54, 1.807) is 0 Å². The van der Waals surface area contributed by atoms with Crippen LogP contribution in [0.2, 0.25) is 5.02 Å². The Hall–Kier alpha value is -1.06. The van der Waals surface area contributed by atoms with E-state index in [0.29, 0.717) is 11.6 Å². The number of carbonyl (C=O) groups excluding carboxylic acids is 1. The highest BCUT2D eigenvalue weighted by Gasteiger charge is 2.36. The third kappa shape index (κ3) is 3.58. The Bertz CT molecular complexity index is 498. The first kappa shape index (κ1) is 14.9. The summed E-state index contributed by atoms with van der Waals surface area (Å²) in [5.41, 5.74) is 0.897. The lowest BCUT2D eigenvalue weighted by Gasteiger charge is -2.33. The summed E-state index contributed by atoms with van der Waals surface area (Å²) < 4.78 is 0. The van der Waals surface area contributed by atoms with Gasteiger partial charge in [-0.05, 0) is 49.9 Å². The number of hydrogen-bond acceptors (Lipinski definition) is 2. The second-order valence-corrected chi connectivity index (χ2v) is 6.75. The Kier molecular flexibility index (Phi) is 4.51. The first-order chi connectivity index (χ1) is 10.1. The molecule has 4 heteroatoms. The van der Waals surface area contributed by atoms with Gasteiger partial charge in [0.25, 0.3) is 0 Å². The average molecular weight is 308 g/mol. The lowest BCUT2D eigenvalue weighted by molar-refractivity contribution is -0.120. The molecule has 1 amide bonds. The number of halogens is 1. The smallest absolute Gasteiger partial charge is 0.230 e. The maximum atomic E-state index is 12.6. The van der Waals surface area contributed by atoms with Crippen molar-refractivity contribution in [3.8, 4) is 0 Å². The number of hydrogen-bond donors (Lipinski definition) is 1. The van der Waals surface area contributed by atoms with Crippen LogP contribution in [0.3, 0.4) is 0 Å². The Morgan fingerprint density at radius 3 is 2.43 bits per heavy atom. The highest BCUT2D eigenvalue weighted by molar-refractivity contribution is 6.30. The van der Waals surface area contributed by atoms with E-state index in [2.05, 4.69) is 0 Å². The first-order valence-electron chi connectivity index (χ1n) is 7.90. The van der Waals surface area contributed by atoms with Gasteiger partial charge in [-0.15, -0.1) is 0 Å². The predicted molar refractivity (Wildman–Crippen MR) is 84.5 cm³/mol. The molecular weight excluding hydrogens is 286 g/mol. The van der Waals surface area contributed by atoms with E-state index in [1.807, 2.05) is 29.2 Å². The van der Waals surface area contributed by atoms with E-state index in [4.69, 9.17) is 11.6 Å². The molecule has 0 bridgehead atoms. The van der Waals surface area contributed by atoms with Gasteiger partial charge in [-0.1, -0.05) is 24.4 Å². The van der Waals surface area contributed by atoms with E-state index < -0.39 is 0 Å². The van der Waals surface area contributed by atoms with Crippen molar-refractivity contribution in [3.63, 3.8) is 0 Å². The van der Waals surface area contributed by atoms with Gasteiger partial charge >= 0.3 is 0 Å². The SMILES string of the molecule is O=C(C1CC1)N(CC1CCCC[C@H]1O)c1ccc(Cl)cc1. The molecule has 1 unspecified atom stereocenters. The van der Waals surface area contributed by atoms with Gasteiger partial charge in [-0.3, -0.25) is 4.79 Å². The van der Waals surface area contributed by atoms with Crippen molar-refractivity contribution in [1.82, 2.24) is 0 Å². The Morgan fingerprint density at radius 1 is 1.14 bits per heavy atom. The average Bonchev–Trinajstić information content (AvgIpc) is 3.32. The minimum absolute atomic E-state index is 0.182. The standard InChI is InChI=1S/C17H22ClNO2/c18-14-7-9-15(10-8-14)19(17(21)12-5-6-12)11-13-3-1-2-4-16(13)20/h7-10,12-13,16,20H,1-6,11H2/t13?,16-/m1/s1. The molecule has 1 aromatic rings. The van der Waals surface area contributed by atoms with E-state index in [1.165, 1.54) is 0 Å². The van der Waals surface area contributed by atoms with Crippen molar-refractivity contribution in [3.05, 3.63) is 29.3 Å². The molecule has 2 saturated carbocycles. The van der Waals surface area contributed by atoms with Crippen LogP contribution in [-0.4, -0.2) is 23.7 Å². The minimum atomic E-state index is -0.277. The van der Waals surface area contributed by atoms with E-state index in [9.17, 15) is 9.90 Å². The highest BCUT2D eigenvalue weighted by Crippen LogP contribution is 2.35. The summed E-state index contributed by atoms with van der Waals surface area (Å²) in [4.78, 5) is 14.5. The molecule has 3 rings (SSSR count). The molecule has 2 fully saturated rings. The van der Waals surface area contributed by atoms with Gasteiger partial charge in [0.15, 0.2) is 0 Å². The number of rotatable bonds is 4. The van der Waals surface area contributed by atoms with Crippen LogP contribution >= 0.6 is 11.6 Å². The minimum Gasteiger partial charge on any atom is -0.393 e. The van der Waals surface area contributed by atoms with Gasteiger partial charge in [0.05, 0.1) is 6.10 Å². The lowest BCUT2D eigenvalue weighted by atomic mass is 9.86. The van der Waals surface area contributed by atoms with Crippen LogP contribution in [0.4, 0.5) is 5.69 Å². The maximum absolute atomic E-state index is 12.6. The van der Waals surface area contributed by atoms with Gasteiger partial charge in [-0.2, -0.15) is 0 Å². The van der Waals surface area contributed by atoms with Gasteiger partial charge in [0.2, 0.25) is 5.91 Å². The van der Waals surface area contributed by atoms with Crippen molar-refractivity contribution in [2.75, 3.05) is 11.4 Å². The molecule has 21 heavy (non-hydrogen) atoms. The number of aliphatic hydroxyl groups is 1. The molecule has 0 spiro atoms. The molecular formula is C17H22ClNO2. The summed E-state index contributed by atoms with van der Waals surface area (Å²) in [6.07, 6.45) is 5.82. The third-order valence-corrected chi connectivity index (χ3v) is 4.87. The van der Waals surface area contributed by atoms with Crippen LogP contribution in [0, 0.1) is 11.8 Å². The number of aliphatic hydroxyl groups excluding tert-OH is 1. The van der Waals surface area contributed by atoms with Crippen LogP contribution in [0.1, 0.15) is 38.5 Å². The number of carbonyl (C=O) groups is 1. The number of amides is 1. The molecule has 1 aromatic carbocycles. The lowest BCUT2D eigenvalue weighted by Crippen LogP contribution is -2.41. The van der Waals surface area contributed by atoms with Crippen LogP contribution < -0.4 is 4.90 Å². The molecule has 0 radical (unpaired) electrons. The quantitative estimate of drug-likeness (QED) is 0.922. The van der Waals surface area contributed by atoms with Gasteiger partial charge in [0, 0.05) is 29.1 Å². The first-order valence-corrected chi connectivity index (χ1v) is 8.28. The summed E-state index contributed by atoms with van der Waals surface area (Å²) >= 11 is 5.94. The molecule has 114 valence electrons. The molecule has 0 aliphatic heterocycles. The van der Waals surface area contributed by atoms with E-state index in [0.717, 1.165) is 44.2 Å². The monoisotopic (exact) mass is 307 g/mol. The number of nitrogens with zero attached hydrogens (tertiary/aromatic N) is 1. The summed E-state index contributed by atoms with van der Waals surface area (Å²) in [5, 5.41) is 10.9. The summed E-state index contributed by atoms with van der Waals surface area (Å²) in [7, 11) is 0. The fraction of sp³-hybridized carbons (Fsp3) is 0.588. The van der Waals surface area contributed by atoms with Gasteiger partial charge in [-0.25, -0.2) is 0 Å². The van der Waals surface area contributed by atoms with Crippen molar-refractivity contribution in [2.24, 2.45) is 11.8 Å². The molecule has 2 aliphatic carbocycles.